The van der Waals surface area contributed by atoms with Crippen LogP contribution in [0.15, 0.2) is 18.2 Å². The van der Waals surface area contributed by atoms with E-state index in [9.17, 15) is 8.78 Å². The van der Waals surface area contributed by atoms with Crippen LogP contribution in [0, 0.1) is 17.6 Å². The van der Waals surface area contributed by atoms with Crippen molar-refractivity contribution in [3.63, 3.8) is 0 Å². The summed E-state index contributed by atoms with van der Waals surface area (Å²) in [4.78, 5) is 2.20. The Morgan fingerprint density at radius 3 is 2.53 bits per heavy atom. The fourth-order valence-electron chi connectivity index (χ4n) is 2.35. The molecule has 1 fully saturated rings. The molecule has 0 saturated carbocycles. The van der Waals surface area contributed by atoms with Gasteiger partial charge in [-0.05, 0) is 36.6 Å². The van der Waals surface area contributed by atoms with Crippen LogP contribution in [0.1, 0.15) is 18.9 Å². The van der Waals surface area contributed by atoms with Gasteiger partial charge in [0, 0.05) is 25.2 Å². The molecule has 2 rings (SSSR count). The number of benzene rings is 1. The average molecular weight is 240 g/mol. The van der Waals surface area contributed by atoms with E-state index in [1.807, 2.05) is 0 Å². The molecule has 17 heavy (non-hydrogen) atoms. The maximum atomic E-state index is 13.0. The number of nitrogens with zero attached hydrogens (tertiary/aromatic N) is 1. The van der Waals surface area contributed by atoms with Gasteiger partial charge in [0.25, 0.3) is 0 Å². The van der Waals surface area contributed by atoms with Crippen LogP contribution in [-0.4, -0.2) is 24.0 Å². The lowest BCUT2D eigenvalue weighted by molar-refractivity contribution is 0.157. The predicted molar refractivity (Wildman–Crippen MR) is 63.4 cm³/mol. The molecule has 2 unspecified atom stereocenters. The highest BCUT2D eigenvalue weighted by Gasteiger charge is 2.23. The molecule has 1 aliphatic rings. The van der Waals surface area contributed by atoms with Crippen LogP contribution < -0.4 is 5.73 Å². The van der Waals surface area contributed by atoms with Gasteiger partial charge in [-0.2, -0.15) is 0 Å². The summed E-state index contributed by atoms with van der Waals surface area (Å²) in [6.45, 7) is 4.48. The first-order valence-electron chi connectivity index (χ1n) is 5.97. The second kappa shape index (κ2) is 5.10. The number of hydrogen-bond acceptors (Lipinski definition) is 2. The van der Waals surface area contributed by atoms with E-state index in [0.717, 1.165) is 25.6 Å². The molecule has 0 spiro atoms. The first-order chi connectivity index (χ1) is 8.04. The molecule has 0 bridgehead atoms. The van der Waals surface area contributed by atoms with Crippen molar-refractivity contribution in [2.45, 2.75) is 25.9 Å². The summed E-state index contributed by atoms with van der Waals surface area (Å²) in [5.74, 6) is -0.592. The molecule has 1 heterocycles. The molecule has 1 aromatic carbocycles. The lowest BCUT2D eigenvalue weighted by Crippen LogP contribution is -2.45. The van der Waals surface area contributed by atoms with E-state index in [4.69, 9.17) is 5.73 Å². The molecule has 0 aromatic heterocycles. The van der Waals surface area contributed by atoms with Gasteiger partial charge in [0.1, 0.15) is 11.6 Å². The minimum Gasteiger partial charge on any atom is -0.327 e. The zero-order valence-electron chi connectivity index (χ0n) is 10.00. The topological polar surface area (TPSA) is 29.3 Å². The third-order valence-electron chi connectivity index (χ3n) is 3.38. The summed E-state index contributed by atoms with van der Waals surface area (Å²) < 4.78 is 26.1. The summed E-state index contributed by atoms with van der Waals surface area (Å²) in [6, 6.07) is 3.93. The molecule has 0 amide bonds. The van der Waals surface area contributed by atoms with Gasteiger partial charge in [0.2, 0.25) is 0 Å². The second-order valence-electron chi connectivity index (χ2n) is 4.94. The molecular formula is C13H18F2N2. The minimum absolute atomic E-state index is 0.246. The Hall–Kier alpha value is -1.00. The number of nitrogens with two attached hydrogens (primary N) is 1. The highest BCUT2D eigenvalue weighted by molar-refractivity contribution is 5.17. The molecule has 0 aliphatic carbocycles. The average Bonchev–Trinajstić information content (AvgIpc) is 2.22. The van der Waals surface area contributed by atoms with Crippen LogP contribution >= 0.6 is 0 Å². The van der Waals surface area contributed by atoms with Gasteiger partial charge in [0.15, 0.2) is 0 Å². The fraction of sp³-hybridized carbons (Fsp3) is 0.538. The number of piperidine rings is 1. The Balaban J connectivity index is 2.01. The van der Waals surface area contributed by atoms with Crippen molar-refractivity contribution in [2.24, 2.45) is 11.7 Å². The Kier molecular flexibility index (Phi) is 3.74. The lowest BCUT2D eigenvalue weighted by atomic mass is 9.94. The molecule has 2 nitrogen and oxygen atoms in total. The van der Waals surface area contributed by atoms with Crippen LogP contribution in [0.3, 0.4) is 0 Å². The lowest BCUT2D eigenvalue weighted by Gasteiger charge is -2.35. The third-order valence-corrected chi connectivity index (χ3v) is 3.38. The van der Waals surface area contributed by atoms with E-state index in [-0.39, 0.29) is 6.04 Å². The SMILES string of the molecule is CC1CN(Cc2cc(F)cc(F)c2)CCC1N. The van der Waals surface area contributed by atoms with Crippen LogP contribution in [-0.2, 0) is 6.54 Å². The first kappa shape index (κ1) is 12.5. The van der Waals surface area contributed by atoms with Gasteiger partial charge in [-0.15, -0.1) is 0 Å². The van der Waals surface area contributed by atoms with Crippen molar-refractivity contribution in [1.29, 1.82) is 0 Å². The second-order valence-corrected chi connectivity index (χ2v) is 4.94. The molecular weight excluding hydrogens is 222 g/mol. The molecule has 2 N–H and O–H groups in total. The highest BCUT2D eigenvalue weighted by atomic mass is 19.1. The monoisotopic (exact) mass is 240 g/mol. The summed E-state index contributed by atoms with van der Waals surface area (Å²) in [7, 11) is 0. The number of halogens is 2. The van der Waals surface area contributed by atoms with Crippen LogP contribution in [0.25, 0.3) is 0 Å². The van der Waals surface area contributed by atoms with Crippen molar-refractivity contribution in [1.82, 2.24) is 4.90 Å². The van der Waals surface area contributed by atoms with Gasteiger partial charge in [0.05, 0.1) is 0 Å². The minimum atomic E-state index is -0.512. The van der Waals surface area contributed by atoms with Crippen LogP contribution in [0.2, 0.25) is 0 Å². The summed E-state index contributed by atoms with van der Waals surface area (Å²) in [5, 5.41) is 0. The van der Waals surface area contributed by atoms with E-state index in [1.165, 1.54) is 12.1 Å². The quantitative estimate of drug-likeness (QED) is 0.858. The standard InChI is InChI=1S/C13H18F2N2/c1-9-7-17(3-2-13(9)16)8-10-4-11(14)6-12(15)5-10/h4-6,9,13H,2-3,7-8,16H2,1H3. The molecule has 0 radical (unpaired) electrons. The van der Waals surface area contributed by atoms with E-state index >= 15 is 0 Å². The maximum absolute atomic E-state index is 13.0. The molecule has 94 valence electrons. The van der Waals surface area contributed by atoms with Crippen molar-refractivity contribution >= 4 is 0 Å². The Bertz CT molecular complexity index is 375. The highest BCUT2D eigenvalue weighted by Crippen LogP contribution is 2.18. The summed E-state index contributed by atoms with van der Waals surface area (Å²) >= 11 is 0. The maximum Gasteiger partial charge on any atom is 0.126 e. The van der Waals surface area contributed by atoms with Crippen LogP contribution in [0.4, 0.5) is 8.78 Å². The molecule has 2 atom stereocenters. The van der Waals surface area contributed by atoms with Crippen molar-refractivity contribution in [3.8, 4) is 0 Å². The van der Waals surface area contributed by atoms with Crippen molar-refractivity contribution in [3.05, 3.63) is 35.4 Å². The van der Waals surface area contributed by atoms with Crippen LogP contribution in [0.5, 0.6) is 0 Å². The largest absolute Gasteiger partial charge is 0.327 e. The Morgan fingerprint density at radius 1 is 1.29 bits per heavy atom. The zero-order valence-corrected chi connectivity index (χ0v) is 10.00. The van der Waals surface area contributed by atoms with Gasteiger partial charge in [-0.25, -0.2) is 8.78 Å². The van der Waals surface area contributed by atoms with Crippen molar-refractivity contribution < 1.29 is 8.78 Å². The normalized spacial score (nSPS) is 26.1. The number of likely N-dealkylation sites (tertiary alicyclic amines) is 1. The molecule has 4 heteroatoms. The van der Waals surface area contributed by atoms with Gasteiger partial charge in [-0.1, -0.05) is 6.92 Å². The van der Waals surface area contributed by atoms with E-state index in [0.29, 0.717) is 18.0 Å². The predicted octanol–water partition coefficient (Wildman–Crippen LogP) is 2.13. The third kappa shape index (κ3) is 3.23. The smallest absolute Gasteiger partial charge is 0.126 e. The Morgan fingerprint density at radius 2 is 1.94 bits per heavy atom. The first-order valence-corrected chi connectivity index (χ1v) is 5.97. The molecule has 1 aliphatic heterocycles. The van der Waals surface area contributed by atoms with E-state index < -0.39 is 11.6 Å². The summed E-state index contributed by atoms with van der Waals surface area (Å²) in [5.41, 5.74) is 6.62. The number of rotatable bonds is 2. The van der Waals surface area contributed by atoms with Gasteiger partial charge in [-0.3, -0.25) is 4.90 Å². The van der Waals surface area contributed by atoms with Gasteiger partial charge < -0.3 is 5.73 Å². The molecule has 1 saturated heterocycles. The van der Waals surface area contributed by atoms with E-state index in [1.54, 1.807) is 0 Å². The Labute approximate surface area is 100 Å². The zero-order chi connectivity index (χ0) is 12.4. The van der Waals surface area contributed by atoms with Gasteiger partial charge >= 0.3 is 0 Å². The summed E-state index contributed by atoms with van der Waals surface area (Å²) in [6.07, 6.45) is 0.943. The molecule has 1 aromatic rings. The van der Waals surface area contributed by atoms with E-state index in [2.05, 4.69) is 11.8 Å². The fourth-order valence-corrected chi connectivity index (χ4v) is 2.35. The number of hydrogen-bond donors (Lipinski definition) is 1. The van der Waals surface area contributed by atoms with Crippen molar-refractivity contribution in [2.75, 3.05) is 13.1 Å².